The van der Waals surface area contributed by atoms with Crippen LogP contribution in [0.25, 0.3) is 0 Å². The molecule has 0 aliphatic carbocycles. The molecule has 3 nitrogen and oxygen atoms in total. The Labute approximate surface area is 79.9 Å². The highest BCUT2D eigenvalue weighted by Gasteiger charge is 2.17. The molecule has 0 unspecified atom stereocenters. The molecular weight excluding hydrogens is 166 g/mol. The average molecular weight is 185 g/mol. The van der Waals surface area contributed by atoms with E-state index in [4.69, 9.17) is 10.5 Å². The largest absolute Gasteiger partial charge is 0.460 e. The minimum Gasteiger partial charge on any atom is -0.460 e. The van der Waals surface area contributed by atoms with Gasteiger partial charge in [-0.25, -0.2) is 0 Å². The SMILES string of the molecule is C=CC[C@@H](N)CC(=O)OC(C)(C)C. The first kappa shape index (κ1) is 12.2. The van der Waals surface area contributed by atoms with Crippen molar-refractivity contribution in [1.29, 1.82) is 0 Å². The van der Waals surface area contributed by atoms with Gasteiger partial charge in [0, 0.05) is 6.04 Å². The topological polar surface area (TPSA) is 52.3 Å². The molecule has 76 valence electrons. The van der Waals surface area contributed by atoms with E-state index in [-0.39, 0.29) is 18.4 Å². The quantitative estimate of drug-likeness (QED) is 0.535. The van der Waals surface area contributed by atoms with Crippen molar-refractivity contribution in [2.75, 3.05) is 0 Å². The van der Waals surface area contributed by atoms with E-state index >= 15 is 0 Å². The molecule has 0 bridgehead atoms. The van der Waals surface area contributed by atoms with Crippen LogP contribution < -0.4 is 5.73 Å². The van der Waals surface area contributed by atoms with Crippen LogP contribution in [0.1, 0.15) is 33.6 Å². The lowest BCUT2D eigenvalue weighted by Gasteiger charge is -2.20. The molecule has 0 aromatic heterocycles. The lowest BCUT2D eigenvalue weighted by atomic mass is 10.1. The van der Waals surface area contributed by atoms with Crippen LogP contribution in [0.4, 0.5) is 0 Å². The van der Waals surface area contributed by atoms with Gasteiger partial charge in [-0.3, -0.25) is 4.79 Å². The van der Waals surface area contributed by atoms with E-state index in [0.717, 1.165) is 0 Å². The Morgan fingerprint density at radius 3 is 2.54 bits per heavy atom. The summed E-state index contributed by atoms with van der Waals surface area (Å²) in [6.45, 7) is 9.06. The molecule has 0 spiro atoms. The Kier molecular flexibility index (Phi) is 4.70. The maximum Gasteiger partial charge on any atom is 0.307 e. The fourth-order valence-corrected chi connectivity index (χ4v) is 0.895. The second-order valence-electron chi connectivity index (χ2n) is 4.08. The number of rotatable bonds is 4. The Morgan fingerprint density at radius 2 is 2.15 bits per heavy atom. The third-order valence-electron chi connectivity index (χ3n) is 1.32. The van der Waals surface area contributed by atoms with Crippen molar-refractivity contribution in [3.05, 3.63) is 12.7 Å². The Hall–Kier alpha value is -0.830. The van der Waals surface area contributed by atoms with Gasteiger partial charge in [-0.15, -0.1) is 6.58 Å². The maximum atomic E-state index is 11.2. The van der Waals surface area contributed by atoms with Crippen molar-refractivity contribution in [2.45, 2.75) is 45.3 Å². The zero-order valence-electron chi connectivity index (χ0n) is 8.67. The number of nitrogens with two attached hydrogens (primary N) is 1. The zero-order chi connectivity index (χ0) is 10.5. The average Bonchev–Trinajstić information content (AvgIpc) is 1.81. The van der Waals surface area contributed by atoms with Gasteiger partial charge in [0.25, 0.3) is 0 Å². The lowest BCUT2D eigenvalue weighted by molar-refractivity contribution is -0.155. The molecule has 0 heterocycles. The van der Waals surface area contributed by atoms with E-state index in [0.29, 0.717) is 6.42 Å². The summed E-state index contributed by atoms with van der Waals surface area (Å²) in [5.41, 5.74) is 5.21. The minimum absolute atomic E-state index is 0.174. The highest BCUT2D eigenvalue weighted by Crippen LogP contribution is 2.09. The molecule has 0 fully saturated rings. The van der Waals surface area contributed by atoms with Crippen LogP contribution in [0.15, 0.2) is 12.7 Å². The van der Waals surface area contributed by atoms with Gasteiger partial charge in [-0.2, -0.15) is 0 Å². The smallest absolute Gasteiger partial charge is 0.307 e. The van der Waals surface area contributed by atoms with Crippen LogP contribution in [0.5, 0.6) is 0 Å². The lowest BCUT2D eigenvalue weighted by Crippen LogP contribution is -2.29. The predicted octanol–water partition coefficient (Wildman–Crippen LogP) is 1.62. The third kappa shape index (κ3) is 7.53. The van der Waals surface area contributed by atoms with Crippen LogP contribution in [0, 0.1) is 0 Å². The number of carbonyl (C=O) groups excluding carboxylic acids is 1. The number of hydrogen-bond donors (Lipinski definition) is 1. The molecular formula is C10H19NO2. The normalized spacial score (nSPS) is 13.5. The van der Waals surface area contributed by atoms with Gasteiger partial charge in [0.05, 0.1) is 6.42 Å². The first-order chi connectivity index (χ1) is 5.85. The molecule has 0 rings (SSSR count). The molecule has 3 heteroatoms. The second kappa shape index (κ2) is 5.02. The summed E-state index contributed by atoms with van der Waals surface area (Å²) in [5, 5.41) is 0. The Balaban J connectivity index is 3.81. The van der Waals surface area contributed by atoms with Crippen molar-refractivity contribution in [2.24, 2.45) is 5.73 Å². The summed E-state index contributed by atoms with van der Waals surface area (Å²) in [7, 11) is 0. The van der Waals surface area contributed by atoms with Gasteiger partial charge in [-0.05, 0) is 27.2 Å². The first-order valence-corrected chi connectivity index (χ1v) is 4.43. The molecule has 0 aromatic carbocycles. The number of ether oxygens (including phenoxy) is 1. The predicted molar refractivity (Wildman–Crippen MR) is 53.3 cm³/mol. The van der Waals surface area contributed by atoms with E-state index in [1.165, 1.54) is 0 Å². The maximum absolute atomic E-state index is 11.2. The monoisotopic (exact) mass is 185 g/mol. The summed E-state index contributed by atoms with van der Waals surface area (Å²) < 4.78 is 5.10. The molecule has 0 saturated carbocycles. The van der Waals surface area contributed by atoms with Gasteiger partial charge in [0.2, 0.25) is 0 Å². The van der Waals surface area contributed by atoms with Crippen LogP contribution >= 0.6 is 0 Å². The molecule has 1 atom stereocenters. The van der Waals surface area contributed by atoms with Gasteiger partial charge in [0.15, 0.2) is 0 Å². The van der Waals surface area contributed by atoms with E-state index in [1.807, 2.05) is 20.8 Å². The first-order valence-electron chi connectivity index (χ1n) is 4.43. The molecule has 0 amide bonds. The number of carbonyl (C=O) groups is 1. The Bertz CT molecular complexity index is 182. The molecule has 0 aliphatic heterocycles. The molecule has 0 saturated heterocycles. The van der Waals surface area contributed by atoms with Crippen molar-refractivity contribution in [3.8, 4) is 0 Å². The molecule has 0 aliphatic rings. The standard InChI is InChI=1S/C10H19NO2/c1-5-6-8(11)7-9(12)13-10(2,3)4/h5,8H,1,6-7,11H2,2-4H3/t8-/m1/s1. The number of hydrogen-bond acceptors (Lipinski definition) is 3. The molecule has 2 N–H and O–H groups in total. The van der Waals surface area contributed by atoms with Crippen LogP contribution in [-0.4, -0.2) is 17.6 Å². The van der Waals surface area contributed by atoms with E-state index in [1.54, 1.807) is 6.08 Å². The van der Waals surface area contributed by atoms with Crippen LogP contribution in [-0.2, 0) is 9.53 Å². The van der Waals surface area contributed by atoms with E-state index < -0.39 is 5.60 Å². The van der Waals surface area contributed by atoms with Crippen molar-refractivity contribution < 1.29 is 9.53 Å². The van der Waals surface area contributed by atoms with Gasteiger partial charge >= 0.3 is 5.97 Å². The van der Waals surface area contributed by atoms with Crippen molar-refractivity contribution in [3.63, 3.8) is 0 Å². The molecule has 0 radical (unpaired) electrons. The fourth-order valence-electron chi connectivity index (χ4n) is 0.895. The second-order valence-corrected chi connectivity index (χ2v) is 4.08. The molecule has 13 heavy (non-hydrogen) atoms. The highest BCUT2D eigenvalue weighted by molar-refractivity contribution is 5.70. The summed E-state index contributed by atoms with van der Waals surface area (Å²) >= 11 is 0. The zero-order valence-corrected chi connectivity index (χ0v) is 8.67. The van der Waals surface area contributed by atoms with Gasteiger partial charge < -0.3 is 10.5 Å². The van der Waals surface area contributed by atoms with E-state index in [2.05, 4.69) is 6.58 Å². The summed E-state index contributed by atoms with van der Waals surface area (Å²) in [6, 6.07) is -0.174. The summed E-state index contributed by atoms with van der Waals surface area (Å²) in [6.07, 6.45) is 2.59. The van der Waals surface area contributed by atoms with Gasteiger partial charge in [-0.1, -0.05) is 6.08 Å². The summed E-state index contributed by atoms with van der Waals surface area (Å²) in [5.74, 6) is -0.248. The molecule has 0 aromatic rings. The summed E-state index contributed by atoms with van der Waals surface area (Å²) in [4.78, 5) is 11.2. The van der Waals surface area contributed by atoms with Crippen molar-refractivity contribution in [1.82, 2.24) is 0 Å². The highest BCUT2D eigenvalue weighted by atomic mass is 16.6. The van der Waals surface area contributed by atoms with Crippen molar-refractivity contribution >= 4 is 5.97 Å². The minimum atomic E-state index is -0.426. The third-order valence-corrected chi connectivity index (χ3v) is 1.32. The van der Waals surface area contributed by atoms with Crippen LogP contribution in [0.2, 0.25) is 0 Å². The van der Waals surface area contributed by atoms with Gasteiger partial charge in [0.1, 0.15) is 5.60 Å². The number of esters is 1. The van der Waals surface area contributed by atoms with E-state index in [9.17, 15) is 4.79 Å². The Morgan fingerprint density at radius 1 is 1.62 bits per heavy atom. The van der Waals surface area contributed by atoms with Crippen LogP contribution in [0.3, 0.4) is 0 Å². The fraction of sp³-hybridized carbons (Fsp3) is 0.700.